The predicted octanol–water partition coefficient (Wildman–Crippen LogP) is 0.475. The molecule has 1 fully saturated rings. The van der Waals surface area contributed by atoms with E-state index in [4.69, 9.17) is 0 Å². The number of imidazole rings is 1. The van der Waals surface area contributed by atoms with Crippen molar-refractivity contribution >= 4 is 28.8 Å². The molecular formula is C12H17N7O. The lowest BCUT2D eigenvalue weighted by molar-refractivity contribution is -0.119. The van der Waals surface area contributed by atoms with Gasteiger partial charge in [-0.05, 0) is 13.3 Å². The molecule has 0 aliphatic carbocycles. The standard InChI is InChI=1S/C12H17N7O/c1-2-13-12-18-10(9-11(19-12)16-6-15-9)14-5-7-3-4-8(20)17-7/h6-7H,2-5H2,1H3,(H,17,20)(H3,13,14,15,16,18,19). The van der Waals surface area contributed by atoms with Crippen LogP contribution in [0, 0.1) is 0 Å². The number of nitrogens with one attached hydrogen (secondary N) is 4. The van der Waals surface area contributed by atoms with Crippen LogP contribution in [-0.4, -0.2) is 45.0 Å². The lowest BCUT2D eigenvalue weighted by Crippen LogP contribution is -2.32. The Kier molecular flexibility index (Phi) is 3.36. The molecular weight excluding hydrogens is 258 g/mol. The second-order valence-corrected chi connectivity index (χ2v) is 4.71. The molecule has 3 heterocycles. The molecule has 1 aliphatic rings. The van der Waals surface area contributed by atoms with Crippen molar-refractivity contribution in [1.29, 1.82) is 0 Å². The summed E-state index contributed by atoms with van der Waals surface area (Å²) in [6, 6.07) is 0.151. The summed E-state index contributed by atoms with van der Waals surface area (Å²) in [5.41, 5.74) is 1.39. The zero-order valence-electron chi connectivity index (χ0n) is 11.2. The molecule has 1 aliphatic heterocycles. The first-order valence-corrected chi connectivity index (χ1v) is 6.74. The van der Waals surface area contributed by atoms with Crippen LogP contribution in [0.1, 0.15) is 19.8 Å². The second-order valence-electron chi connectivity index (χ2n) is 4.71. The summed E-state index contributed by atoms with van der Waals surface area (Å²) in [7, 11) is 0. The first kappa shape index (κ1) is 12.6. The van der Waals surface area contributed by atoms with Crippen LogP contribution in [0.5, 0.6) is 0 Å². The molecule has 0 radical (unpaired) electrons. The van der Waals surface area contributed by atoms with Gasteiger partial charge in [-0.25, -0.2) is 4.98 Å². The molecule has 0 aromatic carbocycles. The number of nitrogens with zero attached hydrogens (tertiary/aromatic N) is 3. The maximum Gasteiger partial charge on any atom is 0.226 e. The van der Waals surface area contributed by atoms with E-state index in [2.05, 4.69) is 35.9 Å². The molecule has 1 atom stereocenters. The number of carbonyl (C=O) groups is 1. The Balaban J connectivity index is 1.78. The minimum atomic E-state index is 0.111. The van der Waals surface area contributed by atoms with Gasteiger partial charge in [0.1, 0.15) is 5.52 Å². The number of hydrogen-bond donors (Lipinski definition) is 4. The van der Waals surface area contributed by atoms with Crippen molar-refractivity contribution in [3.63, 3.8) is 0 Å². The van der Waals surface area contributed by atoms with E-state index >= 15 is 0 Å². The highest BCUT2D eigenvalue weighted by Crippen LogP contribution is 2.19. The Hall–Kier alpha value is -2.38. The molecule has 1 unspecified atom stereocenters. The molecule has 106 valence electrons. The largest absolute Gasteiger partial charge is 0.366 e. The summed E-state index contributed by atoms with van der Waals surface area (Å²) in [6.07, 6.45) is 3.04. The number of amides is 1. The molecule has 0 spiro atoms. The summed E-state index contributed by atoms with van der Waals surface area (Å²) in [5.74, 6) is 1.36. The molecule has 4 N–H and O–H groups in total. The number of hydrogen-bond acceptors (Lipinski definition) is 6. The average molecular weight is 275 g/mol. The summed E-state index contributed by atoms with van der Waals surface area (Å²) in [5, 5.41) is 9.26. The van der Waals surface area contributed by atoms with E-state index in [1.165, 1.54) is 0 Å². The predicted molar refractivity (Wildman–Crippen MR) is 75.5 cm³/mol. The molecule has 3 rings (SSSR count). The Morgan fingerprint density at radius 2 is 2.30 bits per heavy atom. The molecule has 8 nitrogen and oxygen atoms in total. The van der Waals surface area contributed by atoms with Crippen LogP contribution in [-0.2, 0) is 4.79 Å². The van der Waals surface area contributed by atoms with Crippen LogP contribution in [0.2, 0.25) is 0 Å². The lowest BCUT2D eigenvalue weighted by Gasteiger charge is -2.13. The van der Waals surface area contributed by atoms with E-state index in [0.717, 1.165) is 18.5 Å². The van der Waals surface area contributed by atoms with E-state index in [-0.39, 0.29) is 11.9 Å². The topological polar surface area (TPSA) is 108 Å². The van der Waals surface area contributed by atoms with Crippen molar-refractivity contribution in [3.8, 4) is 0 Å². The highest BCUT2D eigenvalue weighted by molar-refractivity contribution is 5.84. The van der Waals surface area contributed by atoms with Crippen molar-refractivity contribution < 1.29 is 4.79 Å². The first-order valence-electron chi connectivity index (χ1n) is 6.74. The Morgan fingerprint density at radius 1 is 1.40 bits per heavy atom. The highest BCUT2D eigenvalue weighted by atomic mass is 16.1. The molecule has 2 aromatic rings. The number of rotatable bonds is 5. The number of aromatic amines is 1. The number of aromatic nitrogens is 4. The van der Waals surface area contributed by atoms with Crippen LogP contribution in [0.25, 0.3) is 11.2 Å². The Labute approximate surface area is 115 Å². The quantitative estimate of drug-likeness (QED) is 0.632. The molecule has 0 saturated carbocycles. The van der Waals surface area contributed by atoms with Crippen molar-refractivity contribution in [2.24, 2.45) is 0 Å². The molecule has 0 bridgehead atoms. The number of H-pyrrole nitrogens is 1. The average Bonchev–Trinajstić information content (AvgIpc) is 3.05. The van der Waals surface area contributed by atoms with E-state index in [1.54, 1.807) is 6.33 Å². The highest BCUT2D eigenvalue weighted by Gasteiger charge is 2.21. The number of carbonyl (C=O) groups excluding carboxylic acids is 1. The lowest BCUT2D eigenvalue weighted by atomic mass is 10.2. The first-order chi connectivity index (χ1) is 9.76. The third-order valence-electron chi connectivity index (χ3n) is 3.22. The fraction of sp³-hybridized carbons (Fsp3) is 0.500. The molecule has 2 aromatic heterocycles. The minimum Gasteiger partial charge on any atom is -0.366 e. The van der Waals surface area contributed by atoms with Gasteiger partial charge in [-0.1, -0.05) is 0 Å². The van der Waals surface area contributed by atoms with E-state index < -0.39 is 0 Å². The van der Waals surface area contributed by atoms with Crippen LogP contribution >= 0.6 is 0 Å². The van der Waals surface area contributed by atoms with Crippen molar-refractivity contribution in [2.75, 3.05) is 23.7 Å². The smallest absolute Gasteiger partial charge is 0.226 e. The van der Waals surface area contributed by atoms with Gasteiger partial charge in [-0.3, -0.25) is 4.79 Å². The Morgan fingerprint density at radius 3 is 3.05 bits per heavy atom. The van der Waals surface area contributed by atoms with Crippen LogP contribution in [0.4, 0.5) is 11.8 Å². The molecule has 8 heteroatoms. The fourth-order valence-electron chi connectivity index (χ4n) is 2.25. The van der Waals surface area contributed by atoms with Crippen molar-refractivity contribution in [3.05, 3.63) is 6.33 Å². The minimum absolute atomic E-state index is 0.111. The van der Waals surface area contributed by atoms with Gasteiger partial charge in [0.2, 0.25) is 11.9 Å². The third kappa shape index (κ3) is 2.49. The van der Waals surface area contributed by atoms with Crippen molar-refractivity contribution in [2.45, 2.75) is 25.8 Å². The normalized spacial score (nSPS) is 18.2. The number of anilines is 2. The summed E-state index contributed by atoms with van der Waals surface area (Å²) >= 11 is 0. The van der Waals surface area contributed by atoms with Gasteiger partial charge in [0.05, 0.1) is 6.33 Å². The van der Waals surface area contributed by atoms with Crippen LogP contribution < -0.4 is 16.0 Å². The molecule has 20 heavy (non-hydrogen) atoms. The van der Waals surface area contributed by atoms with Gasteiger partial charge in [0, 0.05) is 25.6 Å². The maximum atomic E-state index is 11.2. The van der Waals surface area contributed by atoms with E-state index in [0.29, 0.717) is 30.4 Å². The van der Waals surface area contributed by atoms with Gasteiger partial charge in [0.15, 0.2) is 11.5 Å². The zero-order chi connectivity index (χ0) is 13.9. The number of fused-ring (bicyclic) bond motifs is 1. The van der Waals surface area contributed by atoms with Gasteiger partial charge in [-0.15, -0.1) is 0 Å². The van der Waals surface area contributed by atoms with Crippen LogP contribution in [0.15, 0.2) is 6.33 Å². The maximum absolute atomic E-state index is 11.2. The Bertz CT molecular complexity index is 623. The van der Waals surface area contributed by atoms with Gasteiger partial charge in [0.25, 0.3) is 0 Å². The summed E-state index contributed by atoms with van der Waals surface area (Å²) < 4.78 is 0. The van der Waals surface area contributed by atoms with E-state index in [1.807, 2.05) is 6.92 Å². The molecule has 1 amide bonds. The fourth-order valence-corrected chi connectivity index (χ4v) is 2.25. The summed E-state index contributed by atoms with van der Waals surface area (Å²) in [6.45, 7) is 3.37. The van der Waals surface area contributed by atoms with Gasteiger partial charge in [-0.2, -0.15) is 9.97 Å². The summed E-state index contributed by atoms with van der Waals surface area (Å²) in [4.78, 5) is 27.1. The zero-order valence-corrected chi connectivity index (χ0v) is 11.2. The SMILES string of the molecule is CCNc1nc(NCC2CCC(=O)N2)c2[nH]cnc2n1. The second kappa shape index (κ2) is 5.32. The molecule has 1 saturated heterocycles. The third-order valence-corrected chi connectivity index (χ3v) is 3.22. The monoisotopic (exact) mass is 275 g/mol. The van der Waals surface area contributed by atoms with E-state index in [9.17, 15) is 4.79 Å². The van der Waals surface area contributed by atoms with Gasteiger partial charge < -0.3 is 20.9 Å². The van der Waals surface area contributed by atoms with Crippen LogP contribution in [0.3, 0.4) is 0 Å². The van der Waals surface area contributed by atoms with Gasteiger partial charge >= 0.3 is 0 Å². The van der Waals surface area contributed by atoms with Crippen molar-refractivity contribution in [1.82, 2.24) is 25.3 Å².